The van der Waals surface area contributed by atoms with Crippen molar-refractivity contribution in [1.82, 2.24) is 25.1 Å². The van der Waals surface area contributed by atoms with Gasteiger partial charge in [0.15, 0.2) is 0 Å². The Balaban J connectivity index is 0.000000207. The molecular formula is C36H43F2N7O6S4Tc. The second-order valence-electron chi connectivity index (χ2n) is 14.0. The molecule has 1 radical (unpaired) electrons. The molecule has 2 aromatic heterocycles. The SMILES string of the molecule is N.O=C(O)c1cn(C2CC2)c2cc(N3CCN(C(S)S)CC3)c(F)cc2c1=O.O=C(O)c1cn(C2CC2)c2cc(N3CCN(C(S)S)CC3)c(F)cc2c1=O.[99Tc]. The van der Waals surface area contributed by atoms with E-state index in [0.29, 0.717) is 74.8 Å². The van der Waals surface area contributed by atoms with E-state index in [0.717, 1.165) is 25.7 Å². The van der Waals surface area contributed by atoms with Gasteiger partial charge in [0, 0.05) is 108 Å². The molecule has 303 valence electrons. The molecule has 2 saturated carbocycles. The number of aromatic carboxylic acids is 2. The number of piperazine rings is 2. The van der Waals surface area contributed by atoms with Crippen molar-refractivity contribution in [3.8, 4) is 0 Å². The summed E-state index contributed by atoms with van der Waals surface area (Å²) in [6, 6.07) is 6.07. The quantitative estimate of drug-likeness (QED) is 0.0936. The fourth-order valence-electron chi connectivity index (χ4n) is 7.20. The van der Waals surface area contributed by atoms with E-state index in [2.05, 4.69) is 60.3 Å². The second-order valence-corrected chi connectivity index (χ2v) is 16.8. The van der Waals surface area contributed by atoms with Gasteiger partial charge in [-0.3, -0.25) is 19.4 Å². The number of hydrogen-bond acceptors (Lipinski definition) is 13. The summed E-state index contributed by atoms with van der Waals surface area (Å²) in [5, 5.41) is 18.9. The number of fused-ring (bicyclic) bond motifs is 2. The van der Waals surface area contributed by atoms with E-state index in [1.165, 1.54) is 24.5 Å². The number of thiol groups is 4. The first-order valence-electron chi connectivity index (χ1n) is 17.7. The molecule has 4 aliphatic rings. The summed E-state index contributed by atoms with van der Waals surface area (Å²) in [7, 11) is 0. The van der Waals surface area contributed by atoms with Gasteiger partial charge in [-0.2, -0.15) is 0 Å². The first-order valence-corrected chi connectivity index (χ1v) is 19.7. The number of nitrogens with zero attached hydrogens (tertiary/aromatic N) is 6. The predicted molar refractivity (Wildman–Crippen MR) is 223 cm³/mol. The third-order valence-electron chi connectivity index (χ3n) is 10.5. The summed E-state index contributed by atoms with van der Waals surface area (Å²) in [4.78, 5) is 55.9. The standard InChI is InChI=1S/2C18H20FN3O3S2.H3N.Tc/c2*19-13-7-11-14(8-15(13)20-3-5-21(6-4-20)18(26)27)22(10-1-2-10)9-12(16(11)23)17(24)25;;/h2*7-10,18,26-27H,1-6H2,(H,24,25);1H3;/i;;;1+1. The summed E-state index contributed by atoms with van der Waals surface area (Å²) in [6.07, 6.45) is 6.50. The van der Waals surface area contributed by atoms with Crippen molar-refractivity contribution >= 4 is 95.6 Å². The van der Waals surface area contributed by atoms with E-state index in [1.807, 2.05) is 18.9 Å². The predicted octanol–water partition coefficient (Wildman–Crippen LogP) is 5.04. The normalized spacial score (nSPS) is 17.8. The van der Waals surface area contributed by atoms with Crippen molar-refractivity contribution in [3.63, 3.8) is 0 Å². The van der Waals surface area contributed by atoms with E-state index < -0.39 is 34.4 Å². The summed E-state index contributed by atoms with van der Waals surface area (Å²) in [6.45, 7) is 5.35. The topological polar surface area (TPSA) is 167 Å². The van der Waals surface area contributed by atoms with Crippen LogP contribution in [0.1, 0.15) is 58.5 Å². The van der Waals surface area contributed by atoms with Crippen LogP contribution in [0, 0.1) is 11.6 Å². The zero-order chi connectivity index (χ0) is 38.6. The molecule has 2 aliphatic carbocycles. The Morgan fingerprint density at radius 1 is 0.607 bits per heavy atom. The molecule has 0 unspecified atom stereocenters. The van der Waals surface area contributed by atoms with Crippen LogP contribution in [0.5, 0.6) is 0 Å². The van der Waals surface area contributed by atoms with Gasteiger partial charge < -0.3 is 35.3 Å². The Morgan fingerprint density at radius 3 is 1.20 bits per heavy atom. The van der Waals surface area contributed by atoms with Gasteiger partial charge >= 0.3 is 11.9 Å². The zero-order valence-corrected chi connectivity index (χ0v) is 35.5. The van der Waals surface area contributed by atoms with Crippen LogP contribution in [0.25, 0.3) is 21.8 Å². The number of carbonyl (C=O) groups is 2. The Kier molecular flexibility index (Phi) is 14.2. The molecule has 56 heavy (non-hydrogen) atoms. The van der Waals surface area contributed by atoms with Crippen molar-refractivity contribution in [1.29, 1.82) is 0 Å². The third-order valence-corrected chi connectivity index (χ3v) is 11.8. The van der Waals surface area contributed by atoms with Crippen molar-refractivity contribution in [2.75, 3.05) is 62.2 Å². The van der Waals surface area contributed by atoms with Gasteiger partial charge in [0.1, 0.15) is 22.8 Å². The van der Waals surface area contributed by atoms with Crippen LogP contribution in [0.4, 0.5) is 20.2 Å². The fourth-order valence-corrected chi connectivity index (χ4v) is 8.13. The first kappa shape index (κ1) is 44.3. The van der Waals surface area contributed by atoms with Crippen molar-refractivity contribution < 1.29 is 48.7 Å². The van der Waals surface area contributed by atoms with E-state index in [4.69, 9.17) is 0 Å². The van der Waals surface area contributed by atoms with Crippen molar-refractivity contribution in [2.24, 2.45) is 0 Å². The number of carboxylic acid groups (broad SMARTS) is 2. The molecule has 13 nitrogen and oxygen atoms in total. The van der Waals surface area contributed by atoms with Gasteiger partial charge in [0.2, 0.25) is 10.9 Å². The molecule has 4 fully saturated rings. The molecule has 4 aromatic rings. The summed E-state index contributed by atoms with van der Waals surface area (Å²) in [5.41, 5.74) is 0.144. The van der Waals surface area contributed by atoms with E-state index in [-0.39, 0.29) is 69.7 Å². The van der Waals surface area contributed by atoms with Crippen LogP contribution in [0.2, 0.25) is 0 Å². The van der Waals surface area contributed by atoms with Crippen LogP contribution in [0.15, 0.2) is 46.2 Å². The number of carboxylic acids is 2. The molecule has 20 heteroatoms. The maximum absolute atomic E-state index is 14.8. The van der Waals surface area contributed by atoms with Gasteiger partial charge in [-0.05, 0) is 49.9 Å². The van der Waals surface area contributed by atoms with E-state index in [1.54, 1.807) is 12.1 Å². The molecule has 2 aromatic carbocycles. The molecule has 5 N–H and O–H groups in total. The molecule has 2 saturated heterocycles. The molecular weight excluding hydrogens is 892 g/mol. The number of hydrogen-bond donors (Lipinski definition) is 7. The Hall–Kier alpha value is -2.81. The minimum absolute atomic E-state index is 0. The Morgan fingerprint density at radius 2 is 0.929 bits per heavy atom. The van der Waals surface area contributed by atoms with Crippen LogP contribution in [-0.2, 0) is 20.1 Å². The number of halogens is 2. The molecule has 8 rings (SSSR count). The van der Waals surface area contributed by atoms with Crippen LogP contribution >= 0.6 is 50.5 Å². The van der Waals surface area contributed by atoms with Crippen molar-refractivity contribution in [2.45, 2.75) is 47.2 Å². The van der Waals surface area contributed by atoms with Crippen LogP contribution in [-0.4, -0.2) is 103 Å². The van der Waals surface area contributed by atoms with Gasteiger partial charge in [0.05, 0.1) is 31.8 Å². The molecule has 2 aliphatic heterocycles. The minimum Gasteiger partial charge on any atom is -0.477 e. The average Bonchev–Trinajstić information content (AvgIpc) is 4.07. The summed E-state index contributed by atoms with van der Waals surface area (Å²) < 4.78 is 33.0. The fraction of sp³-hybridized carbons (Fsp3) is 0.444. The van der Waals surface area contributed by atoms with Crippen molar-refractivity contribution in [3.05, 3.63) is 79.9 Å². The first-order chi connectivity index (χ1) is 25.7. The zero-order valence-electron chi connectivity index (χ0n) is 30.1. The van der Waals surface area contributed by atoms with Gasteiger partial charge in [-0.1, -0.05) is 0 Å². The Bertz CT molecular complexity index is 2100. The van der Waals surface area contributed by atoms with E-state index in [9.17, 15) is 38.2 Å². The largest absolute Gasteiger partial charge is 0.477 e. The summed E-state index contributed by atoms with van der Waals surface area (Å²) in [5.74, 6) is -3.59. The number of pyridine rings is 2. The van der Waals surface area contributed by atoms with Crippen LogP contribution < -0.4 is 26.8 Å². The maximum Gasteiger partial charge on any atom is 0.341 e. The smallest absolute Gasteiger partial charge is 0.341 e. The number of benzene rings is 2. The monoisotopic (exact) mass is 934 g/mol. The third kappa shape index (κ3) is 9.08. The van der Waals surface area contributed by atoms with Gasteiger partial charge in [0.25, 0.3) is 0 Å². The molecule has 4 heterocycles. The summed E-state index contributed by atoms with van der Waals surface area (Å²) >= 11 is 17.3. The maximum atomic E-state index is 14.8. The number of aromatic nitrogens is 2. The number of rotatable bonds is 8. The molecule has 0 spiro atoms. The molecule has 0 bridgehead atoms. The van der Waals surface area contributed by atoms with Crippen LogP contribution in [0.3, 0.4) is 0 Å². The van der Waals surface area contributed by atoms with E-state index >= 15 is 0 Å². The molecule has 0 atom stereocenters. The average molecular weight is 935 g/mol. The van der Waals surface area contributed by atoms with Gasteiger partial charge in [-0.15, -0.1) is 50.5 Å². The Labute approximate surface area is 356 Å². The van der Waals surface area contributed by atoms with Gasteiger partial charge in [-0.25, -0.2) is 18.4 Å². The number of anilines is 2. The second kappa shape index (κ2) is 18.0. The minimum atomic E-state index is -1.29. The molecule has 0 amide bonds.